The highest BCUT2D eigenvalue weighted by Gasteiger charge is 2.36. The number of hydrogen-bond donors (Lipinski definition) is 2. The lowest BCUT2D eigenvalue weighted by molar-refractivity contribution is -0.304. The van der Waals surface area contributed by atoms with Crippen LogP contribution in [0.4, 0.5) is 5.69 Å². The highest BCUT2D eigenvalue weighted by Crippen LogP contribution is 2.24. The summed E-state index contributed by atoms with van der Waals surface area (Å²) in [6.45, 7) is 5.36. The van der Waals surface area contributed by atoms with E-state index < -0.39 is 6.23 Å². The van der Waals surface area contributed by atoms with Gasteiger partial charge in [-0.25, -0.2) is 14.8 Å². The Kier molecular flexibility index (Phi) is 11.5. The predicted octanol–water partition coefficient (Wildman–Crippen LogP) is 4.93. The van der Waals surface area contributed by atoms with Crippen LogP contribution >= 0.6 is 0 Å². The Hall–Kier alpha value is -1.93. The van der Waals surface area contributed by atoms with Crippen LogP contribution < -0.4 is 10.4 Å². The van der Waals surface area contributed by atoms with Crippen LogP contribution in [-0.4, -0.2) is 30.5 Å². The van der Waals surface area contributed by atoms with Gasteiger partial charge in [-0.15, -0.1) is 0 Å². The zero-order valence-corrected chi connectivity index (χ0v) is 18.3. The maximum atomic E-state index is 12.5. The average Bonchev–Trinajstić information content (AvgIpc) is 3.07. The molecule has 1 aliphatic heterocycles. The molecule has 0 aliphatic carbocycles. The van der Waals surface area contributed by atoms with Gasteiger partial charge in [-0.3, -0.25) is 4.79 Å². The summed E-state index contributed by atoms with van der Waals surface area (Å²) in [4.78, 5) is 23.1. The normalized spacial score (nSPS) is 17.9. The van der Waals surface area contributed by atoms with E-state index in [4.69, 9.17) is 14.5 Å². The first kappa shape index (κ1) is 24.3. The molecule has 0 bridgehead atoms. The van der Waals surface area contributed by atoms with E-state index in [1.54, 1.807) is 6.07 Å². The third-order valence-electron chi connectivity index (χ3n) is 5.01. The fourth-order valence-electron chi connectivity index (χ4n) is 3.34. The maximum absolute atomic E-state index is 12.5. The number of hydrazine groups is 1. The minimum absolute atomic E-state index is 0.173. The number of carbonyl (C=O) groups is 1. The van der Waals surface area contributed by atoms with E-state index in [1.807, 2.05) is 25.1 Å². The van der Waals surface area contributed by atoms with Crippen LogP contribution in [0.15, 0.2) is 36.1 Å². The van der Waals surface area contributed by atoms with Crippen LogP contribution in [0, 0.1) is 0 Å². The van der Waals surface area contributed by atoms with Gasteiger partial charge in [-0.2, -0.15) is 5.43 Å². The molecule has 0 spiro atoms. The molecule has 2 N–H and O–H groups in total. The Morgan fingerprint density at radius 3 is 2.50 bits per heavy atom. The van der Waals surface area contributed by atoms with Gasteiger partial charge in [0.1, 0.15) is 6.61 Å². The van der Waals surface area contributed by atoms with Crippen molar-refractivity contribution in [2.24, 2.45) is 0 Å². The molecule has 1 saturated heterocycles. The summed E-state index contributed by atoms with van der Waals surface area (Å²) < 4.78 is 5.46. The van der Waals surface area contributed by atoms with E-state index >= 15 is 0 Å². The Bertz CT molecular complexity index is 665. The molecule has 1 heterocycles. The van der Waals surface area contributed by atoms with E-state index in [9.17, 15) is 9.90 Å². The molecule has 0 radical (unpaired) electrons. The van der Waals surface area contributed by atoms with Crippen molar-refractivity contribution in [3.05, 3.63) is 41.7 Å². The molecule has 1 fully saturated rings. The van der Waals surface area contributed by atoms with Crippen LogP contribution in [0.25, 0.3) is 0 Å². The SMILES string of the molecule is CCCCCCCCCCOOCc1cccc(N2NC(OCC)/C(=C/O)C2=O)c1. The first-order valence-corrected chi connectivity index (χ1v) is 11.1. The summed E-state index contributed by atoms with van der Waals surface area (Å²) in [5, 5.41) is 10.7. The van der Waals surface area contributed by atoms with Crippen molar-refractivity contribution in [3.8, 4) is 0 Å². The van der Waals surface area contributed by atoms with Crippen LogP contribution in [0.2, 0.25) is 0 Å². The monoisotopic (exact) mass is 420 g/mol. The second kappa shape index (κ2) is 14.1. The van der Waals surface area contributed by atoms with Crippen molar-refractivity contribution in [2.75, 3.05) is 18.2 Å². The second-order valence-electron chi connectivity index (χ2n) is 7.42. The molecule has 1 aromatic carbocycles. The van der Waals surface area contributed by atoms with Gasteiger partial charge in [-0.1, -0.05) is 64.0 Å². The zero-order valence-electron chi connectivity index (χ0n) is 18.3. The van der Waals surface area contributed by atoms with Crippen LogP contribution in [0.5, 0.6) is 0 Å². The Morgan fingerprint density at radius 2 is 1.80 bits per heavy atom. The van der Waals surface area contributed by atoms with Gasteiger partial charge in [-0.05, 0) is 31.0 Å². The lowest BCUT2D eigenvalue weighted by Gasteiger charge is -2.18. The van der Waals surface area contributed by atoms with Crippen molar-refractivity contribution in [3.63, 3.8) is 0 Å². The number of unbranched alkanes of at least 4 members (excludes halogenated alkanes) is 7. The van der Waals surface area contributed by atoms with E-state index in [0.29, 0.717) is 25.5 Å². The second-order valence-corrected chi connectivity index (χ2v) is 7.42. The zero-order chi connectivity index (χ0) is 21.6. The maximum Gasteiger partial charge on any atom is 0.275 e. The third-order valence-corrected chi connectivity index (χ3v) is 5.01. The number of carbonyl (C=O) groups excluding carboxylic acids is 1. The fraction of sp³-hybridized carbons (Fsp3) is 0.609. The highest BCUT2D eigenvalue weighted by molar-refractivity contribution is 6.07. The topological polar surface area (TPSA) is 80.3 Å². The molecule has 1 unspecified atom stereocenters. The number of nitrogens with zero attached hydrogens (tertiary/aromatic N) is 1. The summed E-state index contributed by atoms with van der Waals surface area (Å²) in [6.07, 6.45) is 10.1. The number of rotatable bonds is 15. The van der Waals surface area contributed by atoms with Crippen molar-refractivity contribution < 1.29 is 24.4 Å². The fourth-order valence-corrected chi connectivity index (χ4v) is 3.34. The highest BCUT2D eigenvalue weighted by atomic mass is 17.2. The number of nitrogens with one attached hydrogen (secondary N) is 1. The Labute approximate surface area is 179 Å². The van der Waals surface area contributed by atoms with Gasteiger partial charge >= 0.3 is 0 Å². The van der Waals surface area contributed by atoms with Gasteiger partial charge in [0.25, 0.3) is 5.91 Å². The quantitative estimate of drug-likeness (QED) is 0.138. The number of aliphatic hydroxyl groups is 1. The van der Waals surface area contributed by atoms with Gasteiger partial charge < -0.3 is 9.84 Å². The molecule has 0 saturated carbocycles. The van der Waals surface area contributed by atoms with Crippen molar-refractivity contribution in [2.45, 2.75) is 78.0 Å². The average molecular weight is 421 g/mol. The van der Waals surface area contributed by atoms with E-state index in [0.717, 1.165) is 24.7 Å². The summed E-state index contributed by atoms with van der Waals surface area (Å²) in [6, 6.07) is 7.40. The minimum Gasteiger partial charge on any atom is -0.515 e. The molecule has 2 rings (SSSR count). The Morgan fingerprint density at radius 1 is 1.07 bits per heavy atom. The lowest BCUT2D eigenvalue weighted by atomic mass is 10.1. The first-order valence-electron chi connectivity index (χ1n) is 11.1. The molecular formula is C23H36N2O5. The molecule has 1 aromatic rings. The molecule has 7 nitrogen and oxygen atoms in total. The number of amides is 1. The van der Waals surface area contributed by atoms with Gasteiger partial charge in [0.2, 0.25) is 0 Å². The lowest BCUT2D eigenvalue weighted by Crippen LogP contribution is -2.38. The minimum atomic E-state index is -0.664. The summed E-state index contributed by atoms with van der Waals surface area (Å²) in [5.41, 5.74) is 4.66. The standard InChI is InChI=1S/C23H36N2O5/c1-3-5-6-7-8-9-10-11-15-29-30-18-19-13-12-14-20(16-19)25-23(27)21(17-26)22(24-25)28-4-2/h12-14,16-17,22,24,26H,3-11,15,18H2,1-2H3/b21-17-. The molecule has 0 aromatic heterocycles. The number of hydrogen-bond acceptors (Lipinski definition) is 6. The molecule has 30 heavy (non-hydrogen) atoms. The van der Waals surface area contributed by atoms with Crippen molar-refractivity contribution >= 4 is 11.6 Å². The number of ether oxygens (including phenoxy) is 1. The van der Waals surface area contributed by atoms with Gasteiger partial charge in [0.15, 0.2) is 6.23 Å². The number of benzene rings is 1. The van der Waals surface area contributed by atoms with E-state index in [-0.39, 0.29) is 11.5 Å². The number of anilines is 1. The van der Waals surface area contributed by atoms with Gasteiger partial charge in [0.05, 0.1) is 24.1 Å². The van der Waals surface area contributed by atoms with Crippen LogP contribution in [-0.2, 0) is 25.9 Å². The summed E-state index contributed by atoms with van der Waals surface area (Å²) >= 11 is 0. The largest absolute Gasteiger partial charge is 0.515 e. The molecular weight excluding hydrogens is 384 g/mol. The molecule has 168 valence electrons. The Balaban J connectivity index is 1.69. The van der Waals surface area contributed by atoms with E-state index in [1.165, 1.54) is 43.5 Å². The van der Waals surface area contributed by atoms with E-state index in [2.05, 4.69) is 12.3 Å². The predicted molar refractivity (Wildman–Crippen MR) is 117 cm³/mol. The summed E-state index contributed by atoms with van der Waals surface area (Å²) in [5.74, 6) is -0.347. The molecule has 7 heteroatoms. The number of aliphatic hydroxyl groups excluding tert-OH is 1. The molecule has 1 amide bonds. The third kappa shape index (κ3) is 7.72. The van der Waals surface area contributed by atoms with Crippen molar-refractivity contribution in [1.29, 1.82) is 0 Å². The first-order chi connectivity index (χ1) is 14.7. The molecule has 1 aliphatic rings. The van der Waals surface area contributed by atoms with Crippen molar-refractivity contribution in [1.82, 2.24) is 5.43 Å². The van der Waals surface area contributed by atoms with Crippen LogP contribution in [0.1, 0.15) is 70.8 Å². The molecule has 1 atom stereocenters. The van der Waals surface area contributed by atoms with Crippen LogP contribution in [0.3, 0.4) is 0 Å². The summed E-state index contributed by atoms with van der Waals surface area (Å²) in [7, 11) is 0. The van der Waals surface area contributed by atoms with Gasteiger partial charge in [0, 0.05) is 6.61 Å². The smallest absolute Gasteiger partial charge is 0.275 e.